The molecule has 0 spiro atoms. The van der Waals surface area contributed by atoms with Crippen LogP contribution in [0.25, 0.3) is 6.08 Å². The first-order valence-electron chi connectivity index (χ1n) is 9.41. The largest absolute Gasteiger partial charge is 0.506 e. The van der Waals surface area contributed by atoms with Crippen LogP contribution in [0, 0.1) is 0 Å². The minimum absolute atomic E-state index is 0.0332. The van der Waals surface area contributed by atoms with Crippen LogP contribution in [0.4, 0.5) is 5.69 Å². The Hall–Kier alpha value is -3.59. The summed E-state index contributed by atoms with van der Waals surface area (Å²) < 4.78 is 26.4. The molecule has 2 aromatic carbocycles. The Morgan fingerprint density at radius 3 is 2.22 bits per heavy atom. The molecular formula is C23H23NO7S. The Morgan fingerprint density at radius 2 is 1.59 bits per heavy atom. The molecule has 0 fully saturated rings. The van der Waals surface area contributed by atoms with Crippen molar-refractivity contribution in [2.75, 3.05) is 35.5 Å². The van der Waals surface area contributed by atoms with Crippen molar-refractivity contribution in [2.24, 2.45) is 4.99 Å². The number of carbonyl (C=O) groups is 1. The maximum Gasteiger partial charge on any atom is 0.344 e. The predicted molar refractivity (Wildman–Crippen MR) is 123 cm³/mol. The first-order chi connectivity index (χ1) is 15.5. The number of aliphatic hydroxyl groups excluding tert-OH is 1. The molecular weight excluding hydrogens is 434 g/mol. The highest BCUT2D eigenvalue weighted by atomic mass is 32.2. The Kier molecular flexibility index (Phi) is 7.32. The fourth-order valence-electron chi connectivity index (χ4n) is 3.10. The molecule has 8 nitrogen and oxygen atoms in total. The topological polar surface area (TPSA) is 95.8 Å². The molecule has 0 aliphatic carbocycles. The summed E-state index contributed by atoms with van der Waals surface area (Å²) in [5.74, 6) is 0.912. The molecule has 168 valence electrons. The summed E-state index contributed by atoms with van der Waals surface area (Å²) in [5.41, 5.74) is 1.09. The number of carbonyl (C=O) groups excluding carboxylic acids is 1. The number of methoxy groups -OCH3 is 5. The van der Waals surface area contributed by atoms with Gasteiger partial charge < -0.3 is 28.8 Å². The number of rotatable bonds is 7. The number of aliphatic imine (C=N–C) groups is 1. The molecule has 2 aromatic rings. The Morgan fingerprint density at radius 1 is 0.906 bits per heavy atom. The van der Waals surface area contributed by atoms with Crippen molar-refractivity contribution in [3.8, 4) is 23.0 Å². The van der Waals surface area contributed by atoms with Gasteiger partial charge >= 0.3 is 5.97 Å². The number of thioether (sulfide) groups is 1. The summed E-state index contributed by atoms with van der Waals surface area (Å²) >= 11 is 1.13. The number of nitrogens with zero attached hydrogens (tertiary/aromatic N) is 1. The van der Waals surface area contributed by atoms with E-state index in [1.54, 1.807) is 36.4 Å². The van der Waals surface area contributed by atoms with Crippen LogP contribution in [0.2, 0.25) is 0 Å². The number of hydrogen-bond donors (Lipinski definition) is 1. The molecule has 0 amide bonds. The van der Waals surface area contributed by atoms with Crippen LogP contribution in [-0.4, -0.2) is 51.7 Å². The van der Waals surface area contributed by atoms with Crippen molar-refractivity contribution < 1.29 is 33.6 Å². The van der Waals surface area contributed by atoms with Crippen molar-refractivity contribution in [3.05, 3.63) is 58.2 Å². The highest BCUT2D eigenvalue weighted by Gasteiger charge is 2.33. The van der Waals surface area contributed by atoms with Gasteiger partial charge in [-0.25, -0.2) is 9.79 Å². The zero-order valence-electron chi connectivity index (χ0n) is 18.3. The summed E-state index contributed by atoms with van der Waals surface area (Å²) in [6.07, 6.45) is 1.68. The van der Waals surface area contributed by atoms with E-state index in [4.69, 9.17) is 23.7 Å². The molecule has 1 aliphatic heterocycles. The van der Waals surface area contributed by atoms with Gasteiger partial charge in [-0.1, -0.05) is 23.9 Å². The van der Waals surface area contributed by atoms with Crippen molar-refractivity contribution >= 4 is 34.5 Å². The van der Waals surface area contributed by atoms with Crippen LogP contribution in [0.5, 0.6) is 23.0 Å². The second kappa shape index (κ2) is 10.1. The van der Waals surface area contributed by atoms with Gasteiger partial charge in [0.25, 0.3) is 0 Å². The first kappa shape index (κ1) is 23.1. The van der Waals surface area contributed by atoms with Gasteiger partial charge in [-0.05, 0) is 30.3 Å². The van der Waals surface area contributed by atoms with Crippen molar-refractivity contribution in [2.45, 2.75) is 0 Å². The average molecular weight is 458 g/mol. The summed E-state index contributed by atoms with van der Waals surface area (Å²) in [4.78, 5) is 17.4. The summed E-state index contributed by atoms with van der Waals surface area (Å²) in [7, 11) is 7.31. The molecule has 0 atom stereocenters. The molecule has 3 rings (SSSR count). The third-order valence-corrected chi connectivity index (χ3v) is 5.63. The first-order valence-corrected chi connectivity index (χ1v) is 10.2. The summed E-state index contributed by atoms with van der Waals surface area (Å²) in [6, 6.07) is 10.6. The van der Waals surface area contributed by atoms with E-state index in [2.05, 4.69) is 4.99 Å². The van der Waals surface area contributed by atoms with Crippen LogP contribution >= 0.6 is 11.8 Å². The van der Waals surface area contributed by atoms with Gasteiger partial charge in [0.05, 0.1) is 40.5 Å². The lowest BCUT2D eigenvalue weighted by atomic mass is 10.1. The maximum absolute atomic E-state index is 12.4. The normalized spacial score (nSPS) is 15.8. The zero-order chi connectivity index (χ0) is 23.3. The summed E-state index contributed by atoms with van der Waals surface area (Å²) in [6.45, 7) is 0. The van der Waals surface area contributed by atoms with Gasteiger partial charge in [-0.15, -0.1) is 0 Å². The second-order valence-corrected chi connectivity index (χ2v) is 7.37. The van der Waals surface area contributed by atoms with Gasteiger partial charge in [-0.3, -0.25) is 0 Å². The molecule has 9 heteroatoms. The van der Waals surface area contributed by atoms with Crippen LogP contribution in [-0.2, 0) is 9.53 Å². The maximum atomic E-state index is 12.4. The van der Waals surface area contributed by atoms with Gasteiger partial charge in [0, 0.05) is 5.56 Å². The predicted octanol–water partition coefficient (Wildman–Crippen LogP) is 4.52. The van der Waals surface area contributed by atoms with Crippen LogP contribution in [0.15, 0.2) is 57.6 Å². The lowest BCUT2D eigenvalue weighted by Crippen LogP contribution is -2.10. The standard InChI is InChI=1S/C23H23NO7S/c1-27-15-9-7-6-8-14(15)24-22-18(23(26)31-5)19(25)17(32-22)12-13-10-11-16(28-2)21(30-4)20(13)29-3/h6-12,25H,1-5H3/b17-12+,24-22?. The molecule has 0 aromatic heterocycles. The molecule has 1 heterocycles. The van der Waals surface area contributed by atoms with E-state index in [9.17, 15) is 9.90 Å². The Balaban J connectivity index is 2.14. The molecule has 0 saturated carbocycles. The number of aliphatic hydroxyl groups is 1. The van der Waals surface area contributed by atoms with Crippen LogP contribution in [0.1, 0.15) is 5.56 Å². The van der Waals surface area contributed by atoms with E-state index in [-0.39, 0.29) is 16.4 Å². The minimum atomic E-state index is -0.702. The van der Waals surface area contributed by atoms with Crippen LogP contribution < -0.4 is 18.9 Å². The van der Waals surface area contributed by atoms with E-state index >= 15 is 0 Å². The van der Waals surface area contributed by atoms with Crippen LogP contribution in [0.3, 0.4) is 0 Å². The Labute approximate surface area is 190 Å². The number of esters is 1. The van der Waals surface area contributed by atoms with Gasteiger partial charge in [0.2, 0.25) is 5.75 Å². The highest BCUT2D eigenvalue weighted by molar-refractivity contribution is 8.18. The molecule has 32 heavy (non-hydrogen) atoms. The minimum Gasteiger partial charge on any atom is -0.506 e. The third-order valence-electron chi connectivity index (χ3n) is 4.61. The van der Waals surface area contributed by atoms with E-state index in [0.717, 1.165) is 11.8 Å². The summed E-state index contributed by atoms with van der Waals surface area (Å²) in [5, 5.41) is 11.1. The highest BCUT2D eigenvalue weighted by Crippen LogP contribution is 2.45. The average Bonchev–Trinajstić information content (AvgIpc) is 3.12. The number of para-hydroxylation sites is 2. The fourth-order valence-corrected chi connectivity index (χ4v) is 4.12. The monoisotopic (exact) mass is 457 g/mol. The molecule has 0 unspecified atom stereocenters. The molecule has 0 radical (unpaired) electrons. The fraction of sp³-hybridized carbons (Fsp3) is 0.217. The third kappa shape index (κ3) is 4.38. The Bertz CT molecular complexity index is 1120. The molecule has 1 aliphatic rings. The van der Waals surface area contributed by atoms with E-state index in [1.807, 2.05) is 6.07 Å². The van der Waals surface area contributed by atoms with E-state index < -0.39 is 5.97 Å². The quantitative estimate of drug-likeness (QED) is 0.606. The van der Waals surface area contributed by atoms with E-state index in [1.165, 1.54) is 35.5 Å². The van der Waals surface area contributed by atoms with E-state index in [0.29, 0.717) is 39.2 Å². The lowest BCUT2D eigenvalue weighted by molar-refractivity contribution is -0.135. The number of hydrogen-bond acceptors (Lipinski definition) is 9. The van der Waals surface area contributed by atoms with Crippen molar-refractivity contribution in [3.63, 3.8) is 0 Å². The number of ether oxygens (including phenoxy) is 5. The van der Waals surface area contributed by atoms with Gasteiger partial charge in [-0.2, -0.15) is 0 Å². The number of benzene rings is 2. The second-order valence-electron chi connectivity index (χ2n) is 6.34. The molecule has 0 bridgehead atoms. The van der Waals surface area contributed by atoms with Gasteiger partial charge in [0.15, 0.2) is 11.5 Å². The van der Waals surface area contributed by atoms with Crippen molar-refractivity contribution in [1.82, 2.24) is 0 Å². The van der Waals surface area contributed by atoms with Gasteiger partial charge in [0.1, 0.15) is 27.8 Å². The smallest absolute Gasteiger partial charge is 0.344 e. The molecule has 0 saturated heterocycles. The zero-order valence-corrected chi connectivity index (χ0v) is 19.1. The molecule has 1 N–H and O–H groups in total. The lowest BCUT2D eigenvalue weighted by Gasteiger charge is -2.14. The SMILES string of the molecule is COC(=O)C1=C(O)/C(=C\c2ccc(OC)c(OC)c2OC)SC1=Nc1ccccc1OC. The van der Waals surface area contributed by atoms with Crippen molar-refractivity contribution in [1.29, 1.82) is 0 Å².